The molecule has 0 aliphatic rings. The molecule has 0 saturated heterocycles. The lowest BCUT2D eigenvalue weighted by Gasteiger charge is -2.34. The molecule has 0 aromatic rings. The molecule has 0 bridgehead atoms. The Kier molecular flexibility index (Phi) is 10.3. The van der Waals surface area contributed by atoms with Crippen LogP contribution in [-0.2, 0) is 11.4 Å². The van der Waals surface area contributed by atoms with Gasteiger partial charge in [-0.2, -0.15) is 0 Å². The Morgan fingerprint density at radius 2 is 1.23 bits per heavy atom. The average molecular weight is 211 g/mol. The summed E-state index contributed by atoms with van der Waals surface area (Å²) in [5.41, 5.74) is 0. The summed E-state index contributed by atoms with van der Waals surface area (Å²) in [6.45, 7) is 14.2. The van der Waals surface area contributed by atoms with E-state index in [1.54, 1.807) is 0 Å². The zero-order valence-corrected chi connectivity index (χ0v) is 9.76. The topological polar surface area (TPSA) is 60.4 Å². The summed E-state index contributed by atoms with van der Waals surface area (Å²) in [5.74, 6) is 0. The van der Waals surface area contributed by atoms with Gasteiger partial charge >= 0.3 is 0 Å². The van der Waals surface area contributed by atoms with E-state index >= 15 is 0 Å². The van der Waals surface area contributed by atoms with Crippen molar-refractivity contribution in [3.63, 3.8) is 0 Å². The zero-order chi connectivity index (χ0) is 10.9. The van der Waals surface area contributed by atoms with Crippen LogP contribution in [0.5, 0.6) is 0 Å². The van der Waals surface area contributed by atoms with Crippen LogP contribution in [0.3, 0.4) is 0 Å². The summed E-state index contributed by atoms with van der Waals surface area (Å²) < 4.78 is 25.4. The molecule has 4 nitrogen and oxygen atoms in total. The van der Waals surface area contributed by atoms with E-state index < -0.39 is 11.4 Å². The van der Waals surface area contributed by atoms with Gasteiger partial charge in [0.25, 0.3) is 0 Å². The highest BCUT2D eigenvalue weighted by atomic mass is 32.2. The molecule has 0 fully saturated rings. The van der Waals surface area contributed by atoms with Crippen molar-refractivity contribution in [3.8, 4) is 0 Å². The fourth-order valence-electron chi connectivity index (χ4n) is 1.34. The summed E-state index contributed by atoms with van der Waals surface area (Å²) >= 11 is -2.86. The Hall–Kier alpha value is 0.0300. The molecule has 0 amide bonds. The molecule has 5 heteroatoms. The Morgan fingerprint density at radius 1 is 1.08 bits per heavy atom. The van der Waals surface area contributed by atoms with Crippen LogP contribution in [0.25, 0.3) is 0 Å². The minimum absolute atomic E-state index is 1.28. The summed E-state index contributed by atoms with van der Waals surface area (Å²) in [7, 11) is 0. The first kappa shape index (κ1) is 15.5. The van der Waals surface area contributed by atoms with E-state index in [-0.39, 0.29) is 0 Å². The van der Waals surface area contributed by atoms with Gasteiger partial charge in [0.2, 0.25) is 0 Å². The van der Waals surface area contributed by atoms with Crippen LogP contribution in [0.2, 0.25) is 0 Å². The SMILES string of the molecule is CC[N+](CC)(CC)CC.O=S([O-])O. The van der Waals surface area contributed by atoms with Crippen molar-refractivity contribution >= 4 is 11.4 Å². The second-order valence-corrected chi connectivity index (χ2v) is 3.26. The molecule has 0 saturated carbocycles. The molecule has 0 heterocycles. The van der Waals surface area contributed by atoms with Gasteiger partial charge in [-0.3, -0.25) is 0 Å². The minimum atomic E-state index is -2.86. The van der Waals surface area contributed by atoms with Gasteiger partial charge < -0.3 is 13.6 Å². The molecule has 0 aliphatic heterocycles. The van der Waals surface area contributed by atoms with E-state index in [0.717, 1.165) is 0 Å². The first-order valence-corrected chi connectivity index (χ1v) is 5.64. The highest BCUT2D eigenvalue weighted by Crippen LogP contribution is 2.03. The first-order valence-electron chi connectivity index (χ1n) is 4.61. The van der Waals surface area contributed by atoms with Crippen LogP contribution in [0, 0.1) is 0 Å². The van der Waals surface area contributed by atoms with Crippen molar-refractivity contribution < 1.29 is 17.8 Å². The van der Waals surface area contributed by atoms with Crippen molar-refractivity contribution in [1.82, 2.24) is 0 Å². The molecule has 0 aromatic heterocycles. The largest absolute Gasteiger partial charge is 0.750 e. The molecule has 1 unspecified atom stereocenters. The lowest BCUT2D eigenvalue weighted by atomic mass is 10.3. The molecule has 0 radical (unpaired) electrons. The van der Waals surface area contributed by atoms with Crippen LogP contribution >= 0.6 is 0 Å². The molecule has 0 rings (SSSR count). The maximum Gasteiger partial charge on any atom is 0.0814 e. The van der Waals surface area contributed by atoms with Crippen LogP contribution in [0.15, 0.2) is 0 Å². The van der Waals surface area contributed by atoms with Gasteiger partial charge in [-0.15, -0.1) is 0 Å². The van der Waals surface area contributed by atoms with Crippen LogP contribution in [-0.4, -0.2) is 44.0 Å². The minimum Gasteiger partial charge on any atom is -0.750 e. The molecule has 13 heavy (non-hydrogen) atoms. The van der Waals surface area contributed by atoms with E-state index in [9.17, 15) is 0 Å². The summed E-state index contributed by atoms with van der Waals surface area (Å²) in [4.78, 5) is 0. The Balaban J connectivity index is 0. The van der Waals surface area contributed by atoms with E-state index in [2.05, 4.69) is 27.7 Å². The number of quaternary nitrogens is 1. The highest BCUT2D eigenvalue weighted by molar-refractivity contribution is 7.73. The van der Waals surface area contributed by atoms with Gasteiger partial charge in [0.05, 0.1) is 37.5 Å². The third kappa shape index (κ3) is 8.36. The third-order valence-corrected chi connectivity index (χ3v) is 2.68. The van der Waals surface area contributed by atoms with Gasteiger partial charge in [-0.05, 0) is 27.7 Å². The van der Waals surface area contributed by atoms with Gasteiger partial charge in [0.1, 0.15) is 0 Å². The van der Waals surface area contributed by atoms with Gasteiger partial charge in [-0.1, -0.05) is 0 Å². The fraction of sp³-hybridized carbons (Fsp3) is 1.00. The van der Waals surface area contributed by atoms with Gasteiger partial charge in [0, 0.05) is 0 Å². The molecular weight excluding hydrogens is 190 g/mol. The predicted octanol–water partition coefficient (Wildman–Crippen LogP) is 1.22. The van der Waals surface area contributed by atoms with Crippen molar-refractivity contribution in [2.75, 3.05) is 26.2 Å². The van der Waals surface area contributed by atoms with Crippen molar-refractivity contribution in [1.29, 1.82) is 0 Å². The van der Waals surface area contributed by atoms with E-state index in [1.165, 1.54) is 30.7 Å². The lowest BCUT2D eigenvalue weighted by molar-refractivity contribution is -0.921. The lowest BCUT2D eigenvalue weighted by Crippen LogP contribution is -2.47. The summed E-state index contributed by atoms with van der Waals surface area (Å²) in [5, 5.41) is 0. The van der Waals surface area contributed by atoms with E-state index in [4.69, 9.17) is 13.3 Å². The number of hydrogen-bond acceptors (Lipinski definition) is 2. The second-order valence-electron chi connectivity index (χ2n) is 2.82. The monoisotopic (exact) mass is 211 g/mol. The van der Waals surface area contributed by atoms with Crippen LogP contribution in [0.1, 0.15) is 27.7 Å². The molecule has 0 aromatic carbocycles. The van der Waals surface area contributed by atoms with E-state index in [1.807, 2.05) is 0 Å². The molecule has 0 spiro atoms. The molecular formula is C8H21NO3S. The smallest absolute Gasteiger partial charge is 0.0814 e. The molecule has 82 valence electrons. The molecule has 1 N–H and O–H groups in total. The third-order valence-electron chi connectivity index (χ3n) is 2.68. The molecule has 1 atom stereocenters. The van der Waals surface area contributed by atoms with Crippen LogP contribution < -0.4 is 0 Å². The van der Waals surface area contributed by atoms with Gasteiger partial charge in [-0.25, -0.2) is 4.21 Å². The van der Waals surface area contributed by atoms with Crippen LogP contribution in [0.4, 0.5) is 0 Å². The maximum absolute atomic E-state index is 8.56. The highest BCUT2D eigenvalue weighted by Gasteiger charge is 2.16. The van der Waals surface area contributed by atoms with Crippen molar-refractivity contribution in [2.45, 2.75) is 27.7 Å². The Bertz CT molecular complexity index is 116. The first-order chi connectivity index (χ1) is 5.97. The quantitative estimate of drug-likeness (QED) is 0.562. The summed E-state index contributed by atoms with van der Waals surface area (Å²) in [6.07, 6.45) is 0. The second kappa shape index (κ2) is 8.62. The normalized spacial score (nSPS) is 13.1. The number of nitrogens with zero attached hydrogens (tertiary/aromatic N) is 1. The fourth-order valence-corrected chi connectivity index (χ4v) is 1.34. The summed E-state index contributed by atoms with van der Waals surface area (Å²) in [6, 6.07) is 0. The van der Waals surface area contributed by atoms with Crippen molar-refractivity contribution in [2.24, 2.45) is 0 Å². The predicted molar refractivity (Wildman–Crippen MR) is 54.0 cm³/mol. The average Bonchev–Trinajstić information content (AvgIpc) is 2.09. The number of rotatable bonds is 4. The number of hydrogen-bond donors (Lipinski definition) is 1. The van der Waals surface area contributed by atoms with Gasteiger partial charge in [0.15, 0.2) is 0 Å². The zero-order valence-electron chi connectivity index (χ0n) is 8.95. The molecule has 0 aliphatic carbocycles. The Labute approximate surface area is 83.7 Å². The Morgan fingerprint density at radius 3 is 1.23 bits per heavy atom. The van der Waals surface area contributed by atoms with Crippen molar-refractivity contribution in [3.05, 3.63) is 0 Å². The maximum atomic E-state index is 8.56. The van der Waals surface area contributed by atoms with E-state index in [0.29, 0.717) is 0 Å². The standard InChI is InChI=1S/C8H20N.H2O3S/c1-5-9(6-2,7-3)8-4;1-4(2)3/h5-8H2,1-4H3;(H2,1,2,3)/q+1;/p-1.